The molecule has 3 N–H and O–H groups in total. The molecule has 4 aromatic rings. The number of nitrogens with zero attached hydrogens (tertiary/aromatic N) is 5. The zero-order valence-electron chi connectivity index (χ0n) is 24.5. The monoisotopic (exact) mass is 693 g/mol. The van der Waals surface area contributed by atoms with E-state index in [0.29, 0.717) is 16.4 Å². The van der Waals surface area contributed by atoms with Gasteiger partial charge in [-0.2, -0.15) is 0 Å². The van der Waals surface area contributed by atoms with Gasteiger partial charge in [0.2, 0.25) is 0 Å². The van der Waals surface area contributed by atoms with Gasteiger partial charge in [0.25, 0.3) is 11.8 Å². The normalized spacial score (nSPS) is 17.8. The van der Waals surface area contributed by atoms with Crippen LogP contribution in [-0.4, -0.2) is 67.9 Å². The van der Waals surface area contributed by atoms with E-state index in [9.17, 15) is 14.4 Å². The van der Waals surface area contributed by atoms with Crippen molar-refractivity contribution in [3.8, 4) is 0 Å². The summed E-state index contributed by atoms with van der Waals surface area (Å²) in [7, 11) is 1.30. The fourth-order valence-corrected chi connectivity index (χ4v) is 8.75. The lowest BCUT2D eigenvalue weighted by Gasteiger charge is -2.49. The summed E-state index contributed by atoms with van der Waals surface area (Å²) in [6.45, 7) is 1.88. The number of nitrogen functional groups attached to an aromatic ring is 1. The number of amides is 2. The van der Waals surface area contributed by atoms with Crippen LogP contribution < -0.4 is 11.1 Å². The van der Waals surface area contributed by atoms with Crippen molar-refractivity contribution < 1.29 is 24.0 Å². The molecule has 2 amide bonds. The number of thioether (sulfide) groups is 2. The number of oxime groups is 1. The highest BCUT2D eigenvalue weighted by molar-refractivity contribution is 8.05. The molecule has 0 aliphatic carbocycles. The number of aryl methyl sites for hydroxylation is 1. The molecule has 2 atom stereocenters. The number of rotatable bonds is 11. The first kappa shape index (κ1) is 31.7. The summed E-state index contributed by atoms with van der Waals surface area (Å²) in [6.07, 6.45) is -0.710. The maximum Gasteiger partial charge on any atom is 0.356 e. The predicted octanol–water partition coefficient (Wildman–Crippen LogP) is 4.11. The summed E-state index contributed by atoms with van der Waals surface area (Å²) in [4.78, 5) is 52.2. The zero-order valence-corrected chi connectivity index (χ0v) is 27.8. The van der Waals surface area contributed by atoms with Crippen LogP contribution in [0.1, 0.15) is 32.9 Å². The summed E-state index contributed by atoms with van der Waals surface area (Å²) in [6, 6.07) is 17.9. The largest absolute Gasteiger partial charge is 0.448 e. The average Bonchev–Trinajstić information content (AvgIpc) is 3.71. The number of nitrogens with two attached hydrogens (primary N) is 1. The Balaban J connectivity index is 1.28. The molecule has 0 unspecified atom stereocenters. The number of β-lactam (4-membered cyclic amide) rings is 1. The van der Waals surface area contributed by atoms with Crippen LogP contribution in [0.5, 0.6) is 0 Å². The standard InChI is InChI=1S/C30H27N7O5S4/c1-16-34-35-21(46-16)15-43-20-14-44-28-23(33-26(38)22(36-41-2)19-13-45-30(31)32-19)27(39)37(28)24(20)29(40)42-25(17-9-5-3-6-10-17)18-11-7-4-8-12-18/h3-13,23,25,28H,14-15H2,1-2H3,(H2,31,32)(H,33,38)/b36-22-/t23-,28-/m1/s1. The molecule has 0 radical (unpaired) electrons. The van der Waals surface area contributed by atoms with E-state index in [4.69, 9.17) is 15.3 Å². The number of ether oxygens (including phenoxy) is 1. The topological polar surface area (TPSA) is 162 Å². The van der Waals surface area contributed by atoms with Gasteiger partial charge in [-0.25, -0.2) is 9.78 Å². The minimum atomic E-state index is -0.922. The van der Waals surface area contributed by atoms with Crippen molar-refractivity contribution in [2.45, 2.75) is 30.2 Å². The van der Waals surface area contributed by atoms with Crippen LogP contribution >= 0.6 is 46.2 Å². The van der Waals surface area contributed by atoms with Gasteiger partial charge in [0, 0.05) is 16.0 Å². The number of nitrogens with one attached hydrogen (secondary N) is 1. The molecule has 4 heterocycles. The quantitative estimate of drug-likeness (QED) is 0.101. The molecule has 12 nitrogen and oxygen atoms in total. The van der Waals surface area contributed by atoms with Crippen molar-refractivity contribution in [2.75, 3.05) is 18.6 Å². The molecule has 0 bridgehead atoms. The lowest BCUT2D eigenvalue weighted by molar-refractivity contribution is -0.154. The van der Waals surface area contributed by atoms with Crippen LogP contribution in [0.25, 0.3) is 0 Å². The summed E-state index contributed by atoms with van der Waals surface area (Å²) < 4.78 is 6.22. The van der Waals surface area contributed by atoms with E-state index in [-0.39, 0.29) is 22.2 Å². The number of anilines is 1. The van der Waals surface area contributed by atoms with Crippen LogP contribution in [-0.2, 0) is 29.7 Å². The second kappa shape index (κ2) is 14.0. The van der Waals surface area contributed by atoms with E-state index in [1.54, 1.807) is 5.38 Å². The zero-order chi connectivity index (χ0) is 32.2. The average molecular weight is 694 g/mol. The number of benzene rings is 2. The third kappa shape index (κ3) is 6.65. The molecule has 2 aliphatic heterocycles. The Hall–Kier alpha value is -4.25. The summed E-state index contributed by atoms with van der Waals surface area (Å²) >= 11 is 5.47. The maximum atomic E-state index is 14.2. The lowest BCUT2D eigenvalue weighted by Crippen LogP contribution is -2.71. The maximum absolute atomic E-state index is 14.2. The Bertz CT molecular complexity index is 1770. The molecule has 16 heteroatoms. The van der Waals surface area contributed by atoms with Gasteiger partial charge in [-0.3, -0.25) is 14.5 Å². The Labute approximate surface area is 280 Å². The summed E-state index contributed by atoms with van der Waals surface area (Å²) in [5, 5.41) is 17.8. The van der Waals surface area contributed by atoms with Gasteiger partial charge in [-0.1, -0.05) is 65.8 Å². The van der Waals surface area contributed by atoms with Crippen LogP contribution in [0.15, 0.2) is 81.8 Å². The SMILES string of the molecule is CO/N=C(\C(=O)N[C@@H]1C(=O)N2C(C(=O)OC(c3ccccc3)c3ccccc3)=C(SCc3nnc(C)s3)CS[C@H]12)c1csc(N)n1. The van der Waals surface area contributed by atoms with Gasteiger partial charge in [0.1, 0.15) is 39.9 Å². The van der Waals surface area contributed by atoms with Gasteiger partial charge < -0.3 is 20.6 Å². The van der Waals surface area contributed by atoms with Crippen molar-refractivity contribution in [1.29, 1.82) is 0 Å². The van der Waals surface area contributed by atoms with Gasteiger partial charge in [-0.05, 0) is 18.1 Å². The van der Waals surface area contributed by atoms with E-state index < -0.39 is 35.3 Å². The Morgan fingerprint density at radius 1 is 1.13 bits per heavy atom. The fraction of sp³-hybridized carbons (Fsp3) is 0.233. The molecule has 6 rings (SSSR count). The molecule has 2 aromatic carbocycles. The number of aromatic nitrogens is 3. The van der Waals surface area contributed by atoms with Gasteiger partial charge in [-0.15, -0.1) is 56.4 Å². The molecule has 2 aromatic heterocycles. The van der Waals surface area contributed by atoms with Crippen molar-refractivity contribution in [1.82, 2.24) is 25.4 Å². The van der Waals surface area contributed by atoms with Gasteiger partial charge in [0.15, 0.2) is 16.9 Å². The molecule has 2 aliphatic rings. The number of thiazole rings is 1. The molecule has 0 saturated carbocycles. The van der Waals surface area contributed by atoms with E-state index in [0.717, 1.165) is 32.5 Å². The molecule has 1 saturated heterocycles. The minimum Gasteiger partial charge on any atom is -0.448 e. The number of esters is 1. The highest BCUT2D eigenvalue weighted by Crippen LogP contribution is 2.45. The number of hydrogen-bond donors (Lipinski definition) is 2. The Morgan fingerprint density at radius 2 is 1.83 bits per heavy atom. The summed E-state index contributed by atoms with van der Waals surface area (Å²) in [5.41, 5.74) is 7.59. The van der Waals surface area contributed by atoms with Crippen molar-refractivity contribution in [3.63, 3.8) is 0 Å². The van der Waals surface area contributed by atoms with Crippen molar-refractivity contribution >= 4 is 74.8 Å². The van der Waals surface area contributed by atoms with E-state index in [1.165, 1.54) is 46.9 Å². The van der Waals surface area contributed by atoms with E-state index in [2.05, 4.69) is 25.7 Å². The van der Waals surface area contributed by atoms with Crippen LogP contribution in [0.3, 0.4) is 0 Å². The third-order valence-electron chi connectivity index (χ3n) is 6.94. The number of fused-ring (bicyclic) bond motifs is 1. The number of carbonyl (C=O) groups excluding carboxylic acids is 3. The van der Waals surface area contributed by atoms with Crippen LogP contribution in [0.4, 0.5) is 5.13 Å². The molecule has 0 spiro atoms. The molecule has 1 fully saturated rings. The van der Waals surface area contributed by atoms with Crippen molar-refractivity contribution in [3.05, 3.63) is 103 Å². The summed E-state index contributed by atoms with van der Waals surface area (Å²) in [5.74, 6) is -0.862. The third-order valence-corrected chi connectivity index (χ3v) is 11.2. The van der Waals surface area contributed by atoms with Gasteiger partial charge in [0.05, 0.1) is 5.75 Å². The first-order valence-electron chi connectivity index (χ1n) is 13.9. The first-order valence-corrected chi connectivity index (χ1v) is 17.6. The van der Waals surface area contributed by atoms with Crippen molar-refractivity contribution in [2.24, 2.45) is 5.16 Å². The fourth-order valence-electron chi connectivity index (χ4n) is 4.88. The number of carbonyl (C=O) groups is 3. The number of hydrogen-bond acceptors (Lipinski definition) is 14. The Kier molecular flexibility index (Phi) is 9.67. The smallest absolute Gasteiger partial charge is 0.356 e. The second-order valence-corrected chi connectivity index (χ2v) is 14.3. The first-order chi connectivity index (χ1) is 22.3. The predicted molar refractivity (Wildman–Crippen MR) is 179 cm³/mol. The van der Waals surface area contributed by atoms with E-state index >= 15 is 0 Å². The second-order valence-electron chi connectivity index (χ2n) is 9.94. The minimum absolute atomic E-state index is 0.116. The Morgan fingerprint density at radius 3 is 2.41 bits per heavy atom. The highest BCUT2D eigenvalue weighted by Gasteiger charge is 2.55. The molecular formula is C30H27N7O5S4. The highest BCUT2D eigenvalue weighted by atomic mass is 32.2. The van der Waals surface area contributed by atoms with Crippen LogP contribution in [0.2, 0.25) is 0 Å². The molecule has 236 valence electrons. The van der Waals surface area contributed by atoms with Gasteiger partial charge >= 0.3 is 5.97 Å². The lowest BCUT2D eigenvalue weighted by atomic mass is 10.0. The van der Waals surface area contributed by atoms with E-state index in [1.807, 2.05) is 67.6 Å². The van der Waals surface area contributed by atoms with Crippen LogP contribution in [0, 0.1) is 6.92 Å². The molecular weight excluding hydrogens is 667 g/mol. The molecule has 46 heavy (non-hydrogen) atoms.